The van der Waals surface area contributed by atoms with Gasteiger partial charge >= 0.3 is 0 Å². The SMILES string of the molecule is COc1ccccc1[C@@H](C)NC(=O)CSCc1ccc(F)cc1. The zero-order valence-electron chi connectivity index (χ0n) is 13.2. The van der Waals surface area contributed by atoms with Crippen LogP contribution in [0.15, 0.2) is 48.5 Å². The monoisotopic (exact) mass is 333 g/mol. The Balaban J connectivity index is 1.81. The molecule has 3 nitrogen and oxygen atoms in total. The van der Waals surface area contributed by atoms with Crippen LogP contribution in [-0.4, -0.2) is 18.8 Å². The number of hydrogen-bond donors (Lipinski definition) is 1. The molecule has 0 aliphatic rings. The summed E-state index contributed by atoms with van der Waals surface area (Å²) in [6, 6.07) is 13.8. The Morgan fingerprint density at radius 2 is 1.91 bits per heavy atom. The molecule has 0 aliphatic carbocycles. The Kier molecular flexibility index (Phi) is 6.47. The van der Waals surface area contributed by atoms with Gasteiger partial charge in [0, 0.05) is 11.3 Å². The molecule has 1 amide bonds. The van der Waals surface area contributed by atoms with Gasteiger partial charge in [0.1, 0.15) is 11.6 Å². The minimum absolute atomic E-state index is 0.0319. The maximum absolute atomic E-state index is 12.8. The number of amides is 1. The van der Waals surface area contributed by atoms with E-state index in [1.807, 2.05) is 31.2 Å². The van der Waals surface area contributed by atoms with Crippen LogP contribution in [0.3, 0.4) is 0 Å². The van der Waals surface area contributed by atoms with Gasteiger partial charge in [-0.25, -0.2) is 4.39 Å². The van der Waals surface area contributed by atoms with Crippen molar-refractivity contribution in [3.05, 3.63) is 65.5 Å². The number of rotatable bonds is 7. The highest BCUT2D eigenvalue weighted by Crippen LogP contribution is 2.24. The molecule has 0 bridgehead atoms. The van der Waals surface area contributed by atoms with Gasteiger partial charge in [-0.1, -0.05) is 30.3 Å². The first-order chi connectivity index (χ1) is 11.1. The van der Waals surface area contributed by atoms with Gasteiger partial charge in [-0.2, -0.15) is 0 Å². The van der Waals surface area contributed by atoms with E-state index in [0.29, 0.717) is 11.5 Å². The average molecular weight is 333 g/mol. The lowest BCUT2D eigenvalue weighted by Crippen LogP contribution is -2.28. The minimum Gasteiger partial charge on any atom is -0.496 e. The number of para-hydroxylation sites is 1. The molecule has 2 rings (SSSR count). The van der Waals surface area contributed by atoms with Crippen molar-refractivity contribution in [3.63, 3.8) is 0 Å². The molecular weight excluding hydrogens is 313 g/mol. The molecule has 1 atom stereocenters. The number of ether oxygens (including phenoxy) is 1. The quantitative estimate of drug-likeness (QED) is 0.834. The summed E-state index contributed by atoms with van der Waals surface area (Å²) in [5.41, 5.74) is 1.95. The van der Waals surface area contributed by atoms with E-state index in [4.69, 9.17) is 4.74 Å². The summed E-state index contributed by atoms with van der Waals surface area (Å²) >= 11 is 1.50. The summed E-state index contributed by atoms with van der Waals surface area (Å²) in [4.78, 5) is 12.0. The van der Waals surface area contributed by atoms with Crippen molar-refractivity contribution in [2.75, 3.05) is 12.9 Å². The number of halogens is 1. The van der Waals surface area contributed by atoms with Crippen LogP contribution >= 0.6 is 11.8 Å². The lowest BCUT2D eigenvalue weighted by atomic mass is 10.1. The van der Waals surface area contributed by atoms with Crippen molar-refractivity contribution in [1.29, 1.82) is 0 Å². The van der Waals surface area contributed by atoms with E-state index < -0.39 is 0 Å². The van der Waals surface area contributed by atoms with Crippen LogP contribution in [0.5, 0.6) is 5.75 Å². The molecule has 0 spiro atoms. The van der Waals surface area contributed by atoms with Crippen LogP contribution in [0.1, 0.15) is 24.1 Å². The van der Waals surface area contributed by atoms with Crippen molar-refractivity contribution in [1.82, 2.24) is 5.32 Å². The second kappa shape index (κ2) is 8.58. The van der Waals surface area contributed by atoms with E-state index in [1.54, 1.807) is 19.2 Å². The molecule has 0 fully saturated rings. The average Bonchev–Trinajstić information content (AvgIpc) is 2.56. The number of carbonyl (C=O) groups is 1. The Bertz CT molecular complexity index is 646. The summed E-state index contributed by atoms with van der Waals surface area (Å²) < 4.78 is 18.1. The van der Waals surface area contributed by atoms with Crippen LogP contribution < -0.4 is 10.1 Å². The van der Waals surface area contributed by atoms with Gasteiger partial charge in [0.15, 0.2) is 0 Å². The van der Waals surface area contributed by atoms with Crippen LogP contribution in [0.2, 0.25) is 0 Å². The summed E-state index contributed by atoms with van der Waals surface area (Å²) in [7, 11) is 1.62. The topological polar surface area (TPSA) is 38.3 Å². The fraction of sp³-hybridized carbons (Fsp3) is 0.278. The molecule has 0 aromatic heterocycles. The summed E-state index contributed by atoms with van der Waals surface area (Å²) in [5.74, 6) is 1.52. The minimum atomic E-state index is -0.248. The molecule has 0 saturated carbocycles. The first kappa shape index (κ1) is 17.3. The van der Waals surface area contributed by atoms with Crippen LogP contribution in [0.25, 0.3) is 0 Å². The number of hydrogen-bond acceptors (Lipinski definition) is 3. The van der Waals surface area contributed by atoms with Crippen LogP contribution in [0, 0.1) is 5.82 Å². The highest BCUT2D eigenvalue weighted by Gasteiger charge is 2.13. The molecule has 1 N–H and O–H groups in total. The van der Waals surface area contributed by atoms with Gasteiger partial charge in [-0.05, 0) is 30.7 Å². The Morgan fingerprint density at radius 1 is 1.22 bits per heavy atom. The molecule has 0 unspecified atom stereocenters. The number of thioether (sulfide) groups is 1. The molecule has 122 valence electrons. The van der Waals surface area contributed by atoms with Crippen molar-refractivity contribution >= 4 is 17.7 Å². The lowest BCUT2D eigenvalue weighted by molar-refractivity contribution is -0.119. The molecule has 23 heavy (non-hydrogen) atoms. The molecule has 0 radical (unpaired) electrons. The molecule has 5 heteroatoms. The fourth-order valence-corrected chi connectivity index (χ4v) is 3.03. The second-order valence-corrected chi connectivity index (χ2v) is 6.14. The van der Waals surface area contributed by atoms with Gasteiger partial charge in [0.2, 0.25) is 5.91 Å². The maximum atomic E-state index is 12.8. The number of methoxy groups -OCH3 is 1. The number of carbonyl (C=O) groups excluding carboxylic acids is 1. The largest absolute Gasteiger partial charge is 0.496 e. The highest BCUT2D eigenvalue weighted by atomic mass is 32.2. The third kappa shape index (κ3) is 5.28. The predicted molar refractivity (Wildman–Crippen MR) is 92.1 cm³/mol. The molecule has 0 aliphatic heterocycles. The van der Waals surface area contributed by atoms with E-state index in [-0.39, 0.29) is 17.8 Å². The van der Waals surface area contributed by atoms with Crippen LogP contribution in [-0.2, 0) is 10.5 Å². The summed E-state index contributed by atoms with van der Waals surface area (Å²) in [5, 5.41) is 2.97. The highest BCUT2D eigenvalue weighted by molar-refractivity contribution is 7.99. The third-order valence-electron chi connectivity index (χ3n) is 3.40. The molecular formula is C18H20FNO2S. The summed E-state index contributed by atoms with van der Waals surface area (Å²) in [6.45, 7) is 1.93. The smallest absolute Gasteiger partial charge is 0.230 e. The number of nitrogens with one attached hydrogen (secondary N) is 1. The first-order valence-electron chi connectivity index (χ1n) is 7.34. The van der Waals surface area contributed by atoms with Gasteiger partial charge in [-0.3, -0.25) is 4.79 Å². The van der Waals surface area contributed by atoms with Gasteiger partial charge in [0.05, 0.1) is 18.9 Å². The zero-order valence-corrected chi connectivity index (χ0v) is 14.0. The van der Waals surface area contributed by atoms with Crippen molar-refractivity contribution < 1.29 is 13.9 Å². The Hall–Kier alpha value is -2.01. The van der Waals surface area contributed by atoms with Crippen LogP contribution in [0.4, 0.5) is 4.39 Å². The normalized spacial score (nSPS) is 11.8. The number of benzene rings is 2. The van der Waals surface area contributed by atoms with Gasteiger partial charge < -0.3 is 10.1 Å². The first-order valence-corrected chi connectivity index (χ1v) is 8.50. The summed E-state index contributed by atoms with van der Waals surface area (Å²) in [6.07, 6.45) is 0. The van der Waals surface area contributed by atoms with E-state index in [2.05, 4.69) is 5.32 Å². The van der Waals surface area contributed by atoms with E-state index in [1.165, 1.54) is 23.9 Å². The molecule has 2 aromatic carbocycles. The second-order valence-electron chi connectivity index (χ2n) is 5.15. The van der Waals surface area contributed by atoms with E-state index in [0.717, 1.165) is 16.9 Å². The third-order valence-corrected chi connectivity index (χ3v) is 4.40. The van der Waals surface area contributed by atoms with Crippen molar-refractivity contribution in [2.24, 2.45) is 0 Å². The predicted octanol–water partition coefficient (Wildman–Crippen LogP) is 3.94. The van der Waals surface area contributed by atoms with Crippen molar-refractivity contribution in [2.45, 2.75) is 18.7 Å². The van der Waals surface area contributed by atoms with Gasteiger partial charge in [-0.15, -0.1) is 11.8 Å². The lowest BCUT2D eigenvalue weighted by Gasteiger charge is -2.17. The Morgan fingerprint density at radius 3 is 2.61 bits per heavy atom. The van der Waals surface area contributed by atoms with E-state index >= 15 is 0 Å². The molecule has 2 aromatic rings. The van der Waals surface area contributed by atoms with Gasteiger partial charge in [0.25, 0.3) is 0 Å². The fourth-order valence-electron chi connectivity index (χ4n) is 2.23. The zero-order chi connectivity index (χ0) is 16.7. The molecule has 0 saturated heterocycles. The Labute approximate surface area is 140 Å². The molecule has 0 heterocycles. The van der Waals surface area contributed by atoms with Crippen molar-refractivity contribution in [3.8, 4) is 5.75 Å². The van der Waals surface area contributed by atoms with E-state index in [9.17, 15) is 9.18 Å². The standard InChI is InChI=1S/C18H20FNO2S/c1-13(16-5-3-4-6-17(16)22-2)20-18(21)12-23-11-14-7-9-15(19)10-8-14/h3-10,13H,11-12H2,1-2H3,(H,20,21)/t13-/m1/s1. The maximum Gasteiger partial charge on any atom is 0.230 e.